The molecule has 1 amide bonds. The van der Waals surface area contributed by atoms with E-state index in [4.69, 9.17) is 14.7 Å². The molecule has 0 spiro atoms. The molecule has 2 aromatic rings. The monoisotopic (exact) mass is 418 g/mol. The van der Waals surface area contributed by atoms with Gasteiger partial charge < -0.3 is 14.4 Å². The molecule has 0 aromatic heterocycles. The highest BCUT2D eigenvalue weighted by molar-refractivity contribution is 5.96. The molecule has 2 aromatic carbocycles. The van der Waals surface area contributed by atoms with Crippen molar-refractivity contribution in [3.05, 3.63) is 76.5 Å². The molecule has 1 atom stereocenters. The molecular formula is C25H26N2O4. The lowest BCUT2D eigenvalue weighted by molar-refractivity contribution is -0.143. The number of amides is 1. The summed E-state index contributed by atoms with van der Waals surface area (Å²) >= 11 is 0. The highest BCUT2D eigenvalue weighted by Gasteiger charge is 2.38. The first-order chi connectivity index (χ1) is 14.8. The van der Waals surface area contributed by atoms with Crippen molar-refractivity contribution in [1.29, 1.82) is 5.26 Å². The molecule has 1 aliphatic rings. The van der Waals surface area contributed by atoms with Crippen molar-refractivity contribution in [2.45, 2.75) is 45.8 Å². The summed E-state index contributed by atoms with van der Waals surface area (Å²) in [4.78, 5) is 27.9. The van der Waals surface area contributed by atoms with Gasteiger partial charge in [0, 0.05) is 23.6 Å². The standard InChI is InChI=1S/C25H26N2O4/c1-16(2)31-25(29)24-17(3)27(15-19-9-7-8-18(12-19)14-26)23(28)13-21(24)20-10-5-6-11-22(20)30-4/h5-12,16,21H,13,15H2,1-4H3/t21-/m1/s1. The maximum Gasteiger partial charge on any atom is 0.336 e. The van der Waals surface area contributed by atoms with Gasteiger partial charge in [-0.3, -0.25) is 4.79 Å². The maximum atomic E-state index is 13.2. The fourth-order valence-electron chi connectivity index (χ4n) is 3.89. The van der Waals surface area contributed by atoms with E-state index in [1.807, 2.05) is 30.3 Å². The Kier molecular flexibility index (Phi) is 6.76. The van der Waals surface area contributed by atoms with Crippen molar-refractivity contribution in [3.63, 3.8) is 0 Å². The lowest BCUT2D eigenvalue weighted by Gasteiger charge is -2.35. The summed E-state index contributed by atoms with van der Waals surface area (Å²) in [6, 6.07) is 16.6. The van der Waals surface area contributed by atoms with Crippen LogP contribution in [-0.4, -0.2) is 30.0 Å². The van der Waals surface area contributed by atoms with Crippen LogP contribution in [0.1, 0.15) is 49.8 Å². The third-order valence-electron chi connectivity index (χ3n) is 5.30. The fourth-order valence-corrected chi connectivity index (χ4v) is 3.89. The van der Waals surface area contributed by atoms with Crippen molar-refractivity contribution in [3.8, 4) is 11.8 Å². The highest BCUT2D eigenvalue weighted by atomic mass is 16.5. The number of nitriles is 1. The molecule has 0 unspecified atom stereocenters. The lowest BCUT2D eigenvalue weighted by Crippen LogP contribution is -2.38. The van der Waals surface area contributed by atoms with Gasteiger partial charge in [0.25, 0.3) is 0 Å². The summed E-state index contributed by atoms with van der Waals surface area (Å²) in [6.45, 7) is 5.64. The molecule has 160 valence electrons. The van der Waals surface area contributed by atoms with E-state index in [1.165, 1.54) is 0 Å². The molecule has 6 nitrogen and oxygen atoms in total. The van der Waals surface area contributed by atoms with Crippen LogP contribution in [0.2, 0.25) is 0 Å². The first kappa shape index (κ1) is 22.1. The minimum atomic E-state index is -0.461. The molecular weight excluding hydrogens is 392 g/mol. The van der Waals surface area contributed by atoms with Gasteiger partial charge in [-0.25, -0.2) is 4.79 Å². The van der Waals surface area contributed by atoms with Gasteiger partial charge in [0.15, 0.2) is 0 Å². The van der Waals surface area contributed by atoms with E-state index in [9.17, 15) is 9.59 Å². The molecule has 0 saturated carbocycles. The number of para-hydroxylation sites is 1. The largest absolute Gasteiger partial charge is 0.496 e. The maximum absolute atomic E-state index is 13.2. The van der Waals surface area contributed by atoms with Crippen LogP contribution in [-0.2, 0) is 20.9 Å². The van der Waals surface area contributed by atoms with Crippen molar-refractivity contribution >= 4 is 11.9 Å². The quantitative estimate of drug-likeness (QED) is 0.653. The molecule has 1 heterocycles. The summed E-state index contributed by atoms with van der Waals surface area (Å²) < 4.78 is 11.0. The number of carbonyl (C=O) groups excluding carboxylic acids is 2. The molecule has 0 N–H and O–H groups in total. The predicted molar refractivity (Wildman–Crippen MR) is 116 cm³/mol. The summed E-state index contributed by atoms with van der Waals surface area (Å²) in [5.74, 6) is -0.377. The van der Waals surface area contributed by atoms with Crippen molar-refractivity contribution in [2.24, 2.45) is 0 Å². The zero-order valence-corrected chi connectivity index (χ0v) is 18.2. The Morgan fingerprint density at radius 3 is 2.65 bits per heavy atom. The van der Waals surface area contributed by atoms with Gasteiger partial charge in [-0.1, -0.05) is 30.3 Å². The van der Waals surface area contributed by atoms with Crippen molar-refractivity contribution < 1.29 is 19.1 Å². The number of carbonyl (C=O) groups is 2. The second-order valence-electron chi connectivity index (χ2n) is 7.74. The number of hydrogen-bond donors (Lipinski definition) is 0. The Morgan fingerprint density at radius 2 is 1.97 bits per heavy atom. The molecule has 31 heavy (non-hydrogen) atoms. The summed E-state index contributed by atoms with van der Waals surface area (Å²) in [7, 11) is 1.57. The van der Waals surface area contributed by atoms with E-state index in [2.05, 4.69) is 6.07 Å². The zero-order chi connectivity index (χ0) is 22.5. The van der Waals surface area contributed by atoms with Crippen LogP contribution in [0.5, 0.6) is 5.75 Å². The molecule has 0 saturated heterocycles. The minimum Gasteiger partial charge on any atom is -0.496 e. The lowest BCUT2D eigenvalue weighted by atomic mass is 9.83. The van der Waals surface area contributed by atoms with Gasteiger partial charge in [0.2, 0.25) is 5.91 Å². The second kappa shape index (κ2) is 9.48. The van der Waals surface area contributed by atoms with Crippen LogP contribution < -0.4 is 4.74 Å². The number of methoxy groups -OCH3 is 1. The van der Waals surface area contributed by atoms with Crippen LogP contribution >= 0.6 is 0 Å². The third-order valence-corrected chi connectivity index (χ3v) is 5.30. The van der Waals surface area contributed by atoms with E-state index < -0.39 is 11.9 Å². The third kappa shape index (κ3) is 4.77. The number of allylic oxidation sites excluding steroid dienone is 1. The number of esters is 1. The number of benzene rings is 2. The molecule has 0 fully saturated rings. The molecule has 3 rings (SSSR count). The molecule has 0 radical (unpaired) electrons. The van der Waals surface area contributed by atoms with Gasteiger partial charge in [-0.15, -0.1) is 0 Å². The fraction of sp³-hybridized carbons (Fsp3) is 0.320. The number of nitrogens with zero attached hydrogens (tertiary/aromatic N) is 2. The van der Waals surface area contributed by atoms with Crippen LogP contribution in [0.3, 0.4) is 0 Å². The van der Waals surface area contributed by atoms with E-state index in [-0.39, 0.29) is 25.0 Å². The van der Waals surface area contributed by atoms with Gasteiger partial charge in [-0.05, 0) is 44.5 Å². The second-order valence-corrected chi connectivity index (χ2v) is 7.74. The summed E-state index contributed by atoms with van der Waals surface area (Å²) in [5, 5.41) is 9.17. The van der Waals surface area contributed by atoms with Gasteiger partial charge in [0.1, 0.15) is 5.75 Å². The van der Waals surface area contributed by atoms with Gasteiger partial charge in [-0.2, -0.15) is 5.26 Å². The molecule has 1 aliphatic heterocycles. The topological polar surface area (TPSA) is 79.6 Å². The number of ether oxygens (including phenoxy) is 2. The average molecular weight is 418 g/mol. The highest BCUT2D eigenvalue weighted by Crippen LogP contribution is 2.41. The van der Waals surface area contributed by atoms with E-state index >= 15 is 0 Å². The first-order valence-electron chi connectivity index (χ1n) is 10.2. The smallest absolute Gasteiger partial charge is 0.336 e. The van der Waals surface area contributed by atoms with E-state index in [1.54, 1.807) is 51.0 Å². The zero-order valence-electron chi connectivity index (χ0n) is 18.2. The van der Waals surface area contributed by atoms with Crippen molar-refractivity contribution in [1.82, 2.24) is 4.90 Å². The van der Waals surface area contributed by atoms with Crippen molar-refractivity contribution in [2.75, 3.05) is 7.11 Å². The van der Waals surface area contributed by atoms with E-state index in [0.717, 1.165) is 11.1 Å². The van der Waals surface area contributed by atoms with Crippen LogP contribution in [0, 0.1) is 11.3 Å². The first-order valence-corrected chi connectivity index (χ1v) is 10.2. The van der Waals surface area contributed by atoms with Crippen LogP contribution in [0.25, 0.3) is 0 Å². The van der Waals surface area contributed by atoms with Crippen LogP contribution in [0.15, 0.2) is 59.8 Å². The summed E-state index contributed by atoms with van der Waals surface area (Å²) in [6.07, 6.45) is -0.164. The Balaban J connectivity index is 2.07. The number of rotatable bonds is 6. The average Bonchev–Trinajstić information content (AvgIpc) is 2.75. The SMILES string of the molecule is COc1ccccc1[C@H]1CC(=O)N(Cc2cccc(C#N)c2)C(C)=C1C(=O)OC(C)C. The summed E-state index contributed by atoms with van der Waals surface area (Å²) in [5.41, 5.74) is 3.13. The Morgan fingerprint density at radius 1 is 1.23 bits per heavy atom. The Labute approximate surface area is 182 Å². The minimum absolute atomic E-state index is 0.100. The van der Waals surface area contributed by atoms with Gasteiger partial charge >= 0.3 is 5.97 Å². The van der Waals surface area contributed by atoms with E-state index in [0.29, 0.717) is 22.6 Å². The molecule has 0 bridgehead atoms. The number of hydrogen-bond acceptors (Lipinski definition) is 5. The molecule has 0 aliphatic carbocycles. The molecule has 6 heteroatoms. The van der Waals surface area contributed by atoms with Gasteiger partial charge in [0.05, 0.1) is 37.0 Å². The Bertz CT molecular complexity index is 1070. The normalized spacial score (nSPS) is 16.3. The predicted octanol–water partition coefficient (Wildman–Crippen LogP) is 4.31. The van der Waals surface area contributed by atoms with Crippen LogP contribution in [0.4, 0.5) is 0 Å². The Hall–Kier alpha value is -3.59.